The number of hydrogen-bond donors (Lipinski definition) is 1. The number of aromatic nitrogens is 2. The second-order valence-electron chi connectivity index (χ2n) is 3.34. The first kappa shape index (κ1) is 12.2. The van der Waals surface area contributed by atoms with E-state index in [9.17, 15) is 4.79 Å². The van der Waals surface area contributed by atoms with Crippen LogP contribution in [-0.4, -0.2) is 21.0 Å². The summed E-state index contributed by atoms with van der Waals surface area (Å²) in [4.78, 5) is 20.3. The Morgan fingerprint density at radius 2 is 2.35 bits per heavy atom. The smallest absolute Gasteiger partial charge is 0.339 e. The average Bonchev–Trinajstić information content (AvgIpc) is 2.75. The number of halogens is 1. The van der Waals surface area contributed by atoms with Crippen LogP contribution in [0.3, 0.4) is 0 Å². The molecule has 0 fully saturated rings. The first-order chi connectivity index (χ1) is 8.11. The number of aryl methyl sites for hydroxylation is 1. The predicted octanol–water partition coefficient (Wildman–Crippen LogP) is 3.23. The van der Waals surface area contributed by atoms with Crippen molar-refractivity contribution in [3.05, 3.63) is 33.4 Å². The van der Waals surface area contributed by atoms with Gasteiger partial charge in [-0.15, -0.1) is 11.3 Å². The van der Waals surface area contributed by atoms with E-state index in [1.165, 1.54) is 17.5 Å². The molecule has 2 aromatic rings. The quantitative estimate of drug-likeness (QED) is 0.945. The number of thiophene rings is 1. The summed E-state index contributed by atoms with van der Waals surface area (Å²) in [5.74, 6) is -0.414. The molecule has 0 aliphatic carbocycles. The van der Waals surface area contributed by atoms with Crippen LogP contribution < -0.4 is 0 Å². The molecule has 0 aliphatic rings. The number of nitrogens with zero attached hydrogens (tertiary/aromatic N) is 2. The minimum atomic E-state index is -0.985. The van der Waals surface area contributed by atoms with E-state index in [1.54, 1.807) is 0 Å². The van der Waals surface area contributed by atoms with Gasteiger partial charge in [0.05, 0.1) is 16.1 Å². The highest BCUT2D eigenvalue weighted by atomic mass is 79.9. The molecule has 2 aromatic heterocycles. The zero-order valence-corrected chi connectivity index (χ0v) is 11.4. The van der Waals surface area contributed by atoms with Crippen molar-refractivity contribution in [2.75, 3.05) is 0 Å². The Morgan fingerprint density at radius 1 is 1.59 bits per heavy atom. The third kappa shape index (κ3) is 2.53. The fourth-order valence-corrected chi connectivity index (χ4v) is 2.78. The lowest BCUT2D eigenvalue weighted by atomic mass is 10.2. The predicted molar refractivity (Wildman–Crippen MR) is 69.4 cm³/mol. The number of carbonyl (C=O) groups is 1. The van der Waals surface area contributed by atoms with E-state index in [2.05, 4.69) is 25.9 Å². The van der Waals surface area contributed by atoms with Crippen molar-refractivity contribution in [1.82, 2.24) is 9.97 Å². The summed E-state index contributed by atoms with van der Waals surface area (Å²) in [7, 11) is 0. The van der Waals surface area contributed by atoms with Gasteiger partial charge in [0.25, 0.3) is 0 Å². The van der Waals surface area contributed by atoms with Crippen LogP contribution in [-0.2, 0) is 6.42 Å². The fourth-order valence-electron chi connectivity index (χ4n) is 1.41. The first-order valence-corrected chi connectivity index (χ1v) is 6.62. The summed E-state index contributed by atoms with van der Waals surface area (Å²) in [5, 5.41) is 10.9. The SMILES string of the molecule is CCc1nc(-c2cc(Br)cs2)ncc1C(=O)O. The van der Waals surface area contributed by atoms with Crippen molar-refractivity contribution in [2.24, 2.45) is 0 Å². The van der Waals surface area contributed by atoms with E-state index in [4.69, 9.17) is 5.11 Å². The zero-order chi connectivity index (χ0) is 12.4. The maximum atomic E-state index is 10.9. The van der Waals surface area contributed by atoms with E-state index in [1.807, 2.05) is 18.4 Å². The summed E-state index contributed by atoms with van der Waals surface area (Å²) >= 11 is 4.88. The van der Waals surface area contributed by atoms with Crippen LogP contribution >= 0.6 is 27.3 Å². The lowest BCUT2D eigenvalue weighted by Gasteiger charge is -2.03. The van der Waals surface area contributed by atoms with Gasteiger partial charge in [0, 0.05) is 16.0 Å². The van der Waals surface area contributed by atoms with Gasteiger partial charge in [-0.3, -0.25) is 0 Å². The number of hydrogen-bond acceptors (Lipinski definition) is 4. The van der Waals surface area contributed by atoms with E-state index in [0.29, 0.717) is 17.9 Å². The van der Waals surface area contributed by atoms with Crippen molar-refractivity contribution in [3.63, 3.8) is 0 Å². The highest BCUT2D eigenvalue weighted by molar-refractivity contribution is 9.10. The monoisotopic (exact) mass is 312 g/mol. The Hall–Kier alpha value is -1.27. The molecular weight excluding hydrogens is 304 g/mol. The van der Waals surface area contributed by atoms with E-state index in [0.717, 1.165) is 9.35 Å². The van der Waals surface area contributed by atoms with Gasteiger partial charge in [0.2, 0.25) is 0 Å². The molecule has 0 saturated heterocycles. The zero-order valence-electron chi connectivity index (χ0n) is 8.98. The van der Waals surface area contributed by atoms with E-state index in [-0.39, 0.29) is 5.56 Å². The Balaban J connectivity index is 2.48. The second kappa shape index (κ2) is 4.93. The number of carboxylic acid groups (broad SMARTS) is 1. The summed E-state index contributed by atoms with van der Waals surface area (Å²) in [6, 6.07) is 1.92. The van der Waals surface area contributed by atoms with E-state index < -0.39 is 5.97 Å². The van der Waals surface area contributed by atoms with Crippen LogP contribution in [0.1, 0.15) is 23.0 Å². The third-order valence-corrected chi connectivity index (χ3v) is 3.91. The maximum absolute atomic E-state index is 10.9. The molecule has 4 nitrogen and oxygen atoms in total. The molecule has 0 aliphatic heterocycles. The van der Waals surface area contributed by atoms with Gasteiger partial charge in [0.15, 0.2) is 5.82 Å². The Labute approximate surface area is 110 Å². The van der Waals surface area contributed by atoms with Gasteiger partial charge in [0.1, 0.15) is 0 Å². The van der Waals surface area contributed by atoms with Crippen molar-refractivity contribution in [1.29, 1.82) is 0 Å². The van der Waals surface area contributed by atoms with Crippen molar-refractivity contribution < 1.29 is 9.90 Å². The van der Waals surface area contributed by atoms with Gasteiger partial charge in [-0.1, -0.05) is 6.92 Å². The normalized spacial score (nSPS) is 10.5. The molecular formula is C11H9BrN2O2S. The van der Waals surface area contributed by atoms with Crippen molar-refractivity contribution in [2.45, 2.75) is 13.3 Å². The first-order valence-electron chi connectivity index (χ1n) is 4.95. The highest BCUT2D eigenvalue weighted by Crippen LogP contribution is 2.27. The Morgan fingerprint density at radius 3 is 2.88 bits per heavy atom. The molecule has 6 heteroatoms. The van der Waals surface area contributed by atoms with Gasteiger partial charge in [-0.05, 0) is 28.4 Å². The molecule has 0 spiro atoms. The Bertz CT molecular complexity index is 568. The molecule has 2 rings (SSSR count). The summed E-state index contributed by atoms with van der Waals surface area (Å²) in [6.07, 6.45) is 1.95. The standard InChI is InChI=1S/C11H9BrN2O2S/c1-2-8-7(11(15)16)4-13-10(14-8)9-3-6(12)5-17-9/h3-5H,2H2,1H3,(H,15,16). The van der Waals surface area contributed by atoms with Crippen LogP contribution in [0.2, 0.25) is 0 Å². The maximum Gasteiger partial charge on any atom is 0.339 e. The van der Waals surface area contributed by atoms with Gasteiger partial charge in [-0.2, -0.15) is 0 Å². The number of carboxylic acids is 1. The molecule has 0 atom stereocenters. The fraction of sp³-hybridized carbons (Fsp3) is 0.182. The van der Waals surface area contributed by atoms with Gasteiger partial charge in [-0.25, -0.2) is 14.8 Å². The van der Waals surface area contributed by atoms with Crippen LogP contribution in [0.4, 0.5) is 0 Å². The molecule has 2 heterocycles. The molecule has 0 aromatic carbocycles. The summed E-state index contributed by atoms with van der Waals surface area (Å²) in [6.45, 7) is 1.88. The van der Waals surface area contributed by atoms with Crippen molar-refractivity contribution >= 4 is 33.2 Å². The van der Waals surface area contributed by atoms with Crippen LogP contribution in [0.15, 0.2) is 22.1 Å². The Kier molecular flexibility index (Phi) is 3.54. The van der Waals surface area contributed by atoms with Gasteiger partial charge < -0.3 is 5.11 Å². The minimum Gasteiger partial charge on any atom is -0.478 e. The summed E-state index contributed by atoms with van der Waals surface area (Å²) < 4.78 is 0.974. The molecule has 17 heavy (non-hydrogen) atoms. The van der Waals surface area contributed by atoms with E-state index >= 15 is 0 Å². The molecule has 0 radical (unpaired) electrons. The summed E-state index contributed by atoms with van der Waals surface area (Å²) in [5.41, 5.74) is 0.735. The molecule has 0 amide bonds. The van der Waals surface area contributed by atoms with Gasteiger partial charge >= 0.3 is 5.97 Å². The lowest BCUT2D eigenvalue weighted by Crippen LogP contribution is -2.06. The number of rotatable bonds is 3. The van der Waals surface area contributed by atoms with Crippen LogP contribution in [0, 0.1) is 0 Å². The molecule has 0 bridgehead atoms. The number of aromatic carboxylic acids is 1. The highest BCUT2D eigenvalue weighted by Gasteiger charge is 2.13. The molecule has 0 unspecified atom stereocenters. The largest absolute Gasteiger partial charge is 0.478 e. The third-order valence-electron chi connectivity index (χ3n) is 2.22. The molecule has 0 saturated carbocycles. The molecule has 1 N–H and O–H groups in total. The average molecular weight is 313 g/mol. The topological polar surface area (TPSA) is 63.1 Å². The lowest BCUT2D eigenvalue weighted by molar-refractivity contribution is 0.0694. The van der Waals surface area contributed by atoms with Crippen LogP contribution in [0.5, 0.6) is 0 Å². The second-order valence-corrected chi connectivity index (χ2v) is 5.17. The molecule has 88 valence electrons. The minimum absolute atomic E-state index is 0.173. The van der Waals surface area contributed by atoms with Crippen molar-refractivity contribution in [3.8, 4) is 10.7 Å². The van der Waals surface area contributed by atoms with Crippen LogP contribution in [0.25, 0.3) is 10.7 Å².